The molecule has 0 aliphatic carbocycles. The first-order valence-corrected chi connectivity index (χ1v) is 6.73. The van der Waals surface area contributed by atoms with Gasteiger partial charge in [0.2, 0.25) is 0 Å². The highest BCUT2D eigenvalue weighted by atomic mass is 32.1. The maximum absolute atomic E-state index is 10.8. The zero-order valence-electron chi connectivity index (χ0n) is 11.0. The maximum atomic E-state index is 10.8. The van der Waals surface area contributed by atoms with Gasteiger partial charge in [-0.2, -0.15) is 0 Å². The van der Waals surface area contributed by atoms with Gasteiger partial charge in [0.25, 0.3) is 5.69 Å². The fourth-order valence-corrected chi connectivity index (χ4v) is 2.77. The number of nitro benzene ring substituents is 1. The van der Waals surface area contributed by atoms with Gasteiger partial charge in [-0.1, -0.05) is 6.07 Å². The molecule has 0 saturated carbocycles. The molecule has 1 atom stereocenters. The van der Waals surface area contributed by atoms with Crippen LogP contribution in [0.5, 0.6) is 0 Å². The molecule has 19 heavy (non-hydrogen) atoms. The lowest BCUT2D eigenvalue weighted by Gasteiger charge is -2.05. The maximum Gasteiger partial charge on any atom is 0.270 e. The summed E-state index contributed by atoms with van der Waals surface area (Å²) >= 11 is 1.56. The van der Waals surface area contributed by atoms with E-state index in [2.05, 4.69) is 17.2 Å². The first-order chi connectivity index (χ1) is 9.02. The number of nitrogens with one attached hydrogen (secondary N) is 1. The number of non-ortho nitro benzene ring substituents is 1. The van der Waals surface area contributed by atoms with Crippen LogP contribution in [-0.2, 0) is 0 Å². The predicted octanol–water partition coefficient (Wildman–Crippen LogP) is 3.31. The van der Waals surface area contributed by atoms with E-state index in [0.717, 1.165) is 21.0 Å². The fraction of sp³-hybridized carbons (Fsp3) is 0.308. The molecular formula is C13H15N3O2S. The van der Waals surface area contributed by atoms with Gasteiger partial charge >= 0.3 is 0 Å². The van der Waals surface area contributed by atoms with Crippen molar-refractivity contribution in [1.82, 2.24) is 10.3 Å². The number of nitro groups is 1. The molecular weight excluding hydrogens is 262 g/mol. The topological polar surface area (TPSA) is 68.1 Å². The number of nitrogens with zero attached hydrogens (tertiary/aromatic N) is 2. The quantitative estimate of drug-likeness (QED) is 0.687. The molecule has 1 aromatic carbocycles. The first kappa shape index (κ1) is 13.6. The smallest absolute Gasteiger partial charge is 0.270 e. The van der Waals surface area contributed by atoms with Gasteiger partial charge in [-0.15, -0.1) is 11.3 Å². The molecule has 0 fully saturated rings. The molecule has 1 heterocycles. The predicted molar refractivity (Wildman–Crippen MR) is 76.4 cm³/mol. The Kier molecular flexibility index (Phi) is 3.92. The number of hydrogen-bond donors (Lipinski definition) is 1. The molecule has 1 aromatic heterocycles. The Morgan fingerprint density at radius 1 is 1.47 bits per heavy atom. The van der Waals surface area contributed by atoms with Crippen molar-refractivity contribution < 1.29 is 4.92 Å². The fourth-order valence-electron chi connectivity index (χ4n) is 1.71. The zero-order valence-corrected chi connectivity index (χ0v) is 11.8. The van der Waals surface area contributed by atoms with Crippen LogP contribution in [0.2, 0.25) is 0 Å². The van der Waals surface area contributed by atoms with Crippen molar-refractivity contribution in [2.45, 2.75) is 19.9 Å². The summed E-state index contributed by atoms with van der Waals surface area (Å²) < 4.78 is 0. The van der Waals surface area contributed by atoms with Crippen molar-refractivity contribution in [2.75, 3.05) is 7.05 Å². The Morgan fingerprint density at radius 3 is 2.84 bits per heavy atom. The van der Waals surface area contributed by atoms with Crippen molar-refractivity contribution in [2.24, 2.45) is 0 Å². The number of hydrogen-bond acceptors (Lipinski definition) is 5. The van der Waals surface area contributed by atoms with E-state index >= 15 is 0 Å². The largest absolute Gasteiger partial charge is 0.312 e. The van der Waals surface area contributed by atoms with E-state index in [1.807, 2.05) is 20.2 Å². The van der Waals surface area contributed by atoms with Crippen LogP contribution in [0.3, 0.4) is 0 Å². The Balaban J connectivity index is 2.43. The van der Waals surface area contributed by atoms with Gasteiger partial charge in [0, 0.05) is 34.8 Å². The van der Waals surface area contributed by atoms with Gasteiger partial charge in [-0.05, 0) is 26.5 Å². The van der Waals surface area contributed by atoms with Crippen molar-refractivity contribution in [3.63, 3.8) is 0 Å². The second-order valence-electron chi connectivity index (χ2n) is 4.33. The molecule has 0 bridgehead atoms. The number of aromatic nitrogens is 1. The summed E-state index contributed by atoms with van der Waals surface area (Å²) in [5, 5.41) is 14.8. The van der Waals surface area contributed by atoms with Gasteiger partial charge in [-0.25, -0.2) is 4.98 Å². The average molecular weight is 277 g/mol. The highest BCUT2D eigenvalue weighted by molar-refractivity contribution is 7.15. The monoisotopic (exact) mass is 277 g/mol. The lowest BCUT2D eigenvalue weighted by Crippen LogP contribution is -2.10. The lowest BCUT2D eigenvalue weighted by atomic mass is 10.1. The molecule has 5 nitrogen and oxygen atoms in total. The summed E-state index contributed by atoms with van der Waals surface area (Å²) in [7, 11) is 1.89. The number of aryl methyl sites for hydroxylation is 1. The zero-order chi connectivity index (χ0) is 14.0. The first-order valence-electron chi connectivity index (χ1n) is 5.91. The van der Waals surface area contributed by atoms with Crippen LogP contribution in [0.1, 0.15) is 23.4 Å². The minimum atomic E-state index is -0.381. The minimum absolute atomic E-state index is 0.0963. The molecule has 0 aliphatic heterocycles. The number of benzene rings is 1. The van der Waals surface area contributed by atoms with Crippen LogP contribution in [0.15, 0.2) is 24.4 Å². The van der Waals surface area contributed by atoms with Gasteiger partial charge in [0.05, 0.1) is 4.92 Å². The molecule has 0 saturated heterocycles. The van der Waals surface area contributed by atoms with Gasteiger partial charge in [-0.3, -0.25) is 10.1 Å². The Labute approximate surface area is 115 Å². The summed E-state index contributed by atoms with van der Waals surface area (Å²) in [6, 6.07) is 5.09. The second-order valence-corrected chi connectivity index (χ2v) is 5.40. The molecule has 1 N–H and O–H groups in total. The van der Waals surface area contributed by atoms with Crippen LogP contribution in [0.4, 0.5) is 5.69 Å². The van der Waals surface area contributed by atoms with E-state index < -0.39 is 0 Å². The van der Waals surface area contributed by atoms with Crippen LogP contribution in [0, 0.1) is 17.0 Å². The molecule has 2 aromatic rings. The normalized spacial score (nSPS) is 12.4. The van der Waals surface area contributed by atoms with Crippen LogP contribution in [-0.4, -0.2) is 17.0 Å². The standard InChI is InChI=1S/C13H15N3O2S/c1-8-4-5-10(16(17)18)6-11(8)13-15-7-12(19-13)9(2)14-3/h4-7,9,14H,1-3H3. The molecule has 0 radical (unpaired) electrons. The second kappa shape index (κ2) is 5.46. The van der Waals surface area contributed by atoms with Gasteiger partial charge in [0.15, 0.2) is 0 Å². The SMILES string of the molecule is CNC(C)c1cnc(-c2cc([N+](=O)[O-])ccc2C)s1. The molecule has 2 rings (SSSR count). The van der Waals surface area contributed by atoms with Gasteiger partial charge in [0.1, 0.15) is 5.01 Å². The summed E-state index contributed by atoms with van der Waals surface area (Å²) in [4.78, 5) is 15.9. The highest BCUT2D eigenvalue weighted by Gasteiger charge is 2.14. The summed E-state index contributed by atoms with van der Waals surface area (Å²) in [6.45, 7) is 3.99. The molecule has 6 heteroatoms. The van der Waals surface area contributed by atoms with E-state index in [4.69, 9.17) is 0 Å². The van der Waals surface area contributed by atoms with Crippen molar-refractivity contribution in [3.8, 4) is 10.6 Å². The highest BCUT2D eigenvalue weighted by Crippen LogP contribution is 2.32. The van der Waals surface area contributed by atoms with E-state index in [1.54, 1.807) is 23.5 Å². The third kappa shape index (κ3) is 2.80. The molecule has 0 amide bonds. The van der Waals surface area contributed by atoms with Crippen molar-refractivity contribution in [1.29, 1.82) is 0 Å². The molecule has 0 aliphatic rings. The Morgan fingerprint density at radius 2 is 2.21 bits per heavy atom. The third-order valence-electron chi connectivity index (χ3n) is 3.05. The van der Waals surface area contributed by atoms with E-state index in [9.17, 15) is 10.1 Å². The Hall–Kier alpha value is -1.79. The lowest BCUT2D eigenvalue weighted by molar-refractivity contribution is -0.384. The molecule has 100 valence electrons. The van der Waals surface area contributed by atoms with E-state index in [0.29, 0.717) is 0 Å². The molecule has 0 spiro atoms. The summed E-state index contributed by atoms with van der Waals surface area (Å²) in [6.07, 6.45) is 1.82. The average Bonchev–Trinajstić information content (AvgIpc) is 2.87. The number of rotatable bonds is 4. The Bertz CT molecular complexity index is 610. The van der Waals surface area contributed by atoms with Gasteiger partial charge < -0.3 is 5.32 Å². The van der Waals surface area contributed by atoms with Crippen LogP contribution < -0.4 is 5.32 Å². The van der Waals surface area contributed by atoms with Crippen molar-refractivity contribution in [3.05, 3.63) is 45.0 Å². The van der Waals surface area contributed by atoms with Crippen LogP contribution >= 0.6 is 11.3 Å². The summed E-state index contributed by atoms with van der Waals surface area (Å²) in [5.74, 6) is 0. The summed E-state index contributed by atoms with van der Waals surface area (Å²) in [5.41, 5.74) is 1.91. The third-order valence-corrected chi connectivity index (χ3v) is 4.26. The van der Waals surface area contributed by atoms with E-state index in [1.165, 1.54) is 6.07 Å². The molecule has 1 unspecified atom stereocenters. The number of thiazole rings is 1. The minimum Gasteiger partial charge on any atom is -0.312 e. The van der Waals surface area contributed by atoms with E-state index in [-0.39, 0.29) is 16.7 Å². The van der Waals surface area contributed by atoms with Crippen LogP contribution in [0.25, 0.3) is 10.6 Å². The van der Waals surface area contributed by atoms with Crippen molar-refractivity contribution >= 4 is 17.0 Å².